The summed E-state index contributed by atoms with van der Waals surface area (Å²) in [6.07, 6.45) is 0.175. The third-order valence-electron chi connectivity index (χ3n) is 5.80. The fourth-order valence-electron chi connectivity index (χ4n) is 4.40. The summed E-state index contributed by atoms with van der Waals surface area (Å²) in [5, 5.41) is 6.94. The van der Waals surface area contributed by atoms with Crippen LogP contribution in [0, 0.1) is 6.92 Å². The third-order valence-corrected chi connectivity index (χ3v) is 5.80. The van der Waals surface area contributed by atoms with Crippen LogP contribution in [0.5, 0.6) is 23.0 Å². The van der Waals surface area contributed by atoms with Gasteiger partial charge in [-0.15, -0.1) is 0 Å². The predicted molar refractivity (Wildman–Crippen MR) is 120 cm³/mol. The smallest absolute Gasteiger partial charge is 0.217 e. The standard InChI is InChI=1S/C25H26N2O5/c1-5-30-22-11-6-8-16-19-14-18(20-13-12-15(2)31-20)26-27(19)25(32-24(16)22)17-9-7-10-21(28-3)23(17)29-4/h6-13,19,25H,5,14H2,1-4H3. The second kappa shape index (κ2) is 8.15. The molecule has 3 aromatic rings. The van der Waals surface area contributed by atoms with Gasteiger partial charge in [-0.3, -0.25) is 0 Å². The molecule has 166 valence electrons. The minimum absolute atomic E-state index is 0.0273. The number of benzene rings is 2. The van der Waals surface area contributed by atoms with E-state index in [1.54, 1.807) is 14.2 Å². The zero-order valence-electron chi connectivity index (χ0n) is 18.6. The average molecular weight is 434 g/mol. The highest BCUT2D eigenvalue weighted by Crippen LogP contribution is 2.52. The van der Waals surface area contributed by atoms with Crippen molar-refractivity contribution in [3.8, 4) is 23.0 Å². The van der Waals surface area contributed by atoms with Gasteiger partial charge >= 0.3 is 0 Å². The summed E-state index contributed by atoms with van der Waals surface area (Å²) in [6, 6.07) is 15.7. The SMILES string of the molecule is CCOc1cccc2c1OC(c1cccc(OC)c1OC)N1N=C(c3ccc(C)o3)CC21. The maximum absolute atomic E-state index is 6.57. The molecule has 2 unspecified atom stereocenters. The lowest BCUT2D eigenvalue weighted by Gasteiger charge is -2.39. The largest absolute Gasteiger partial charge is 0.493 e. The summed E-state index contributed by atoms with van der Waals surface area (Å²) >= 11 is 0. The lowest BCUT2D eigenvalue weighted by atomic mass is 9.97. The Labute approximate surface area is 187 Å². The van der Waals surface area contributed by atoms with Crippen LogP contribution in [0.15, 0.2) is 58.0 Å². The maximum atomic E-state index is 6.57. The van der Waals surface area contributed by atoms with Gasteiger partial charge in [0.1, 0.15) is 17.2 Å². The normalized spacial score (nSPS) is 19.0. The molecule has 2 atom stereocenters. The van der Waals surface area contributed by atoms with Gasteiger partial charge in [-0.2, -0.15) is 5.10 Å². The summed E-state index contributed by atoms with van der Waals surface area (Å²) in [6.45, 7) is 4.45. The molecule has 0 spiro atoms. The van der Waals surface area contributed by atoms with Crippen LogP contribution in [0.4, 0.5) is 0 Å². The molecule has 5 rings (SSSR count). The molecule has 0 saturated carbocycles. The van der Waals surface area contributed by atoms with E-state index in [2.05, 4.69) is 6.07 Å². The van der Waals surface area contributed by atoms with Crippen molar-refractivity contribution in [2.75, 3.05) is 20.8 Å². The highest BCUT2D eigenvalue weighted by molar-refractivity contribution is 5.99. The fourth-order valence-corrected chi connectivity index (χ4v) is 4.40. The van der Waals surface area contributed by atoms with Crippen molar-refractivity contribution in [1.82, 2.24) is 5.01 Å². The first-order valence-corrected chi connectivity index (χ1v) is 10.7. The van der Waals surface area contributed by atoms with Crippen LogP contribution in [-0.2, 0) is 0 Å². The Morgan fingerprint density at radius 2 is 1.78 bits per heavy atom. The zero-order valence-corrected chi connectivity index (χ0v) is 18.6. The predicted octanol–water partition coefficient (Wildman–Crippen LogP) is 5.25. The highest BCUT2D eigenvalue weighted by atomic mass is 16.5. The molecule has 1 aromatic heterocycles. The molecule has 3 heterocycles. The molecule has 0 fully saturated rings. The van der Waals surface area contributed by atoms with E-state index in [0.29, 0.717) is 24.5 Å². The molecule has 2 aliphatic heterocycles. The Balaban J connectivity index is 1.66. The number of aryl methyl sites for hydroxylation is 1. The van der Waals surface area contributed by atoms with Crippen LogP contribution < -0.4 is 18.9 Å². The van der Waals surface area contributed by atoms with Crippen LogP contribution in [0.25, 0.3) is 0 Å². The number of furan rings is 1. The number of hydrogen-bond acceptors (Lipinski definition) is 7. The van der Waals surface area contributed by atoms with Gasteiger partial charge in [0.05, 0.1) is 32.4 Å². The Morgan fingerprint density at radius 3 is 2.47 bits per heavy atom. The number of hydrogen-bond donors (Lipinski definition) is 0. The highest BCUT2D eigenvalue weighted by Gasteiger charge is 2.44. The molecule has 0 bridgehead atoms. The number of methoxy groups -OCH3 is 2. The molecule has 0 N–H and O–H groups in total. The van der Waals surface area contributed by atoms with Crippen molar-refractivity contribution in [2.45, 2.75) is 32.5 Å². The van der Waals surface area contributed by atoms with E-state index in [1.807, 2.05) is 61.3 Å². The quantitative estimate of drug-likeness (QED) is 0.528. The molecule has 7 heteroatoms. The van der Waals surface area contributed by atoms with Crippen molar-refractivity contribution < 1.29 is 23.4 Å². The van der Waals surface area contributed by atoms with Crippen LogP contribution >= 0.6 is 0 Å². The molecular weight excluding hydrogens is 408 g/mol. The van der Waals surface area contributed by atoms with Crippen molar-refractivity contribution in [3.63, 3.8) is 0 Å². The Bertz CT molecular complexity index is 1170. The number of para-hydroxylation sites is 2. The lowest BCUT2D eigenvalue weighted by molar-refractivity contribution is -0.0226. The summed E-state index contributed by atoms with van der Waals surface area (Å²) in [7, 11) is 3.26. The summed E-state index contributed by atoms with van der Waals surface area (Å²) in [5.74, 6) is 4.34. The van der Waals surface area contributed by atoms with E-state index >= 15 is 0 Å². The van der Waals surface area contributed by atoms with Gasteiger partial charge in [-0.1, -0.05) is 18.2 Å². The summed E-state index contributed by atoms with van der Waals surface area (Å²) < 4.78 is 29.6. The van der Waals surface area contributed by atoms with E-state index in [4.69, 9.17) is 28.5 Å². The third kappa shape index (κ3) is 3.25. The van der Waals surface area contributed by atoms with Gasteiger partial charge in [-0.25, -0.2) is 5.01 Å². The molecule has 32 heavy (non-hydrogen) atoms. The first kappa shape index (κ1) is 20.3. The van der Waals surface area contributed by atoms with Gasteiger partial charge in [0.25, 0.3) is 0 Å². The van der Waals surface area contributed by atoms with Crippen LogP contribution in [0.1, 0.15) is 48.3 Å². The minimum Gasteiger partial charge on any atom is -0.493 e. The van der Waals surface area contributed by atoms with Gasteiger partial charge in [0, 0.05) is 12.0 Å². The van der Waals surface area contributed by atoms with Crippen LogP contribution in [0.2, 0.25) is 0 Å². The second-order valence-electron chi connectivity index (χ2n) is 7.72. The summed E-state index contributed by atoms with van der Waals surface area (Å²) in [5.41, 5.74) is 2.75. The topological polar surface area (TPSA) is 65.7 Å². The average Bonchev–Trinajstić information content (AvgIpc) is 3.45. The first-order chi connectivity index (χ1) is 15.6. The van der Waals surface area contributed by atoms with E-state index in [0.717, 1.165) is 39.9 Å². The molecule has 0 aliphatic carbocycles. The monoisotopic (exact) mass is 434 g/mol. The number of fused-ring (bicyclic) bond motifs is 3. The Morgan fingerprint density at radius 1 is 1.00 bits per heavy atom. The first-order valence-electron chi connectivity index (χ1n) is 10.7. The van der Waals surface area contributed by atoms with E-state index in [9.17, 15) is 0 Å². The minimum atomic E-state index is -0.521. The van der Waals surface area contributed by atoms with Gasteiger partial charge in [0.2, 0.25) is 6.23 Å². The summed E-state index contributed by atoms with van der Waals surface area (Å²) in [4.78, 5) is 0. The fraction of sp³-hybridized carbons (Fsp3) is 0.320. The van der Waals surface area contributed by atoms with E-state index < -0.39 is 6.23 Å². The van der Waals surface area contributed by atoms with Gasteiger partial charge in [-0.05, 0) is 44.2 Å². The number of rotatable bonds is 6. The molecule has 2 aromatic carbocycles. The van der Waals surface area contributed by atoms with Crippen LogP contribution in [0.3, 0.4) is 0 Å². The van der Waals surface area contributed by atoms with Crippen LogP contribution in [-0.4, -0.2) is 31.5 Å². The molecule has 0 radical (unpaired) electrons. The zero-order chi connectivity index (χ0) is 22.2. The molecule has 7 nitrogen and oxygen atoms in total. The second-order valence-corrected chi connectivity index (χ2v) is 7.72. The molecule has 0 saturated heterocycles. The van der Waals surface area contributed by atoms with Crippen molar-refractivity contribution in [3.05, 3.63) is 71.2 Å². The van der Waals surface area contributed by atoms with Crippen molar-refractivity contribution in [1.29, 1.82) is 0 Å². The maximum Gasteiger partial charge on any atom is 0.217 e. The number of ether oxygens (including phenoxy) is 4. The van der Waals surface area contributed by atoms with E-state index in [1.165, 1.54) is 0 Å². The Kier molecular flexibility index (Phi) is 5.17. The van der Waals surface area contributed by atoms with E-state index in [-0.39, 0.29) is 6.04 Å². The molecule has 0 amide bonds. The Hall–Kier alpha value is -3.61. The van der Waals surface area contributed by atoms with Gasteiger partial charge < -0.3 is 23.4 Å². The van der Waals surface area contributed by atoms with Crippen molar-refractivity contribution in [2.24, 2.45) is 5.10 Å². The number of hydrazone groups is 1. The number of nitrogens with zero attached hydrogens (tertiary/aromatic N) is 2. The molecule has 2 aliphatic rings. The van der Waals surface area contributed by atoms with Crippen molar-refractivity contribution >= 4 is 5.71 Å². The molecular formula is C25H26N2O5. The lowest BCUT2D eigenvalue weighted by Crippen LogP contribution is -2.34. The van der Waals surface area contributed by atoms with Gasteiger partial charge in [0.15, 0.2) is 23.0 Å².